The van der Waals surface area contributed by atoms with Crippen LogP contribution in [0.2, 0.25) is 0 Å². The van der Waals surface area contributed by atoms with Crippen molar-refractivity contribution in [2.24, 2.45) is 0 Å². The van der Waals surface area contributed by atoms with E-state index in [2.05, 4.69) is 24.8 Å². The molecule has 0 aliphatic heterocycles. The lowest BCUT2D eigenvalue weighted by Crippen LogP contribution is -2.25. The molecule has 0 aliphatic rings. The SMILES string of the molecule is CCN(CC)CCCOc1ccc2ccc3oc(=O)cc(C)c3c2c1. The summed E-state index contributed by atoms with van der Waals surface area (Å²) in [4.78, 5) is 14.0. The van der Waals surface area contributed by atoms with Gasteiger partial charge in [-0.2, -0.15) is 0 Å². The molecule has 1 heterocycles. The smallest absolute Gasteiger partial charge is 0.336 e. The lowest BCUT2D eigenvalue weighted by atomic mass is 10.0. The molecule has 1 aromatic heterocycles. The Balaban J connectivity index is 1.84. The average Bonchev–Trinajstić information content (AvgIpc) is 2.61. The first-order valence-corrected chi connectivity index (χ1v) is 8.94. The quantitative estimate of drug-likeness (QED) is 0.364. The van der Waals surface area contributed by atoms with Crippen molar-refractivity contribution in [2.75, 3.05) is 26.2 Å². The van der Waals surface area contributed by atoms with Gasteiger partial charge in [0, 0.05) is 18.0 Å². The zero-order valence-corrected chi connectivity index (χ0v) is 15.2. The number of nitrogens with zero attached hydrogens (tertiary/aromatic N) is 1. The summed E-state index contributed by atoms with van der Waals surface area (Å²) in [6, 6.07) is 11.5. The Kier molecular flexibility index (Phi) is 5.39. The van der Waals surface area contributed by atoms with E-state index in [4.69, 9.17) is 9.15 Å². The summed E-state index contributed by atoms with van der Waals surface area (Å²) in [5, 5.41) is 3.14. The largest absolute Gasteiger partial charge is 0.494 e. The third kappa shape index (κ3) is 3.85. The van der Waals surface area contributed by atoms with E-state index in [1.807, 2.05) is 31.2 Å². The first-order chi connectivity index (χ1) is 12.1. The van der Waals surface area contributed by atoms with Crippen LogP contribution in [0.15, 0.2) is 45.6 Å². The second-order valence-corrected chi connectivity index (χ2v) is 6.30. The fourth-order valence-electron chi connectivity index (χ4n) is 3.27. The number of hydrogen-bond donors (Lipinski definition) is 0. The van der Waals surface area contributed by atoms with Gasteiger partial charge in [0.2, 0.25) is 0 Å². The highest BCUT2D eigenvalue weighted by atomic mass is 16.5. The van der Waals surface area contributed by atoms with Crippen molar-refractivity contribution in [2.45, 2.75) is 27.2 Å². The van der Waals surface area contributed by atoms with E-state index < -0.39 is 0 Å². The molecule has 3 rings (SSSR count). The topological polar surface area (TPSA) is 42.7 Å². The minimum absolute atomic E-state index is 0.312. The maximum atomic E-state index is 11.6. The van der Waals surface area contributed by atoms with Crippen LogP contribution in [0.5, 0.6) is 5.75 Å². The molecule has 0 saturated heterocycles. The van der Waals surface area contributed by atoms with Gasteiger partial charge in [-0.3, -0.25) is 0 Å². The van der Waals surface area contributed by atoms with Gasteiger partial charge in [-0.05, 0) is 61.0 Å². The highest BCUT2D eigenvalue weighted by molar-refractivity contribution is 6.07. The van der Waals surface area contributed by atoms with Crippen molar-refractivity contribution < 1.29 is 9.15 Å². The monoisotopic (exact) mass is 339 g/mol. The van der Waals surface area contributed by atoms with Crippen LogP contribution in [0.4, 0.5) is 0 Å². The van der Waals surface area contributed by atoms with E-state index in [1.165, 1.54) is 0 Å². The van der Waals surface area contributed by atoms with Crippen LogP contribution >= 0.6 is 0 Å². The molecule has 0 fully saturated rings. The predicted molar refractivity (Wildman–Crippen MR) is 103 cm³/mol. The summed E-state index contributed by atoms with van der Waals surface area (Å²) in [7, 11) is 0. The Labute approximate surface area is 148 Å². The van der Waals surface area contributed by atoms with E-state index in [1.54, 1.807) is 6.07 Å². The number of fused-ring (bicyclic) bond motifs is 3. The molecule has 2 aromatic carbocycles. The van der Waals surface area contributed by atoms with Crippen molar-refractivity contribution in [3.63, 3.8) is 0 Å². The van der Waals surface area contributed by atoms with Gasteiger partial charge >= 0.3 is 5.63 Å². The summed E-state index contributed by atoms with van der Waals surface area (Å²) < 4.78 is 11.3. The van der Waals surface area contributed by atoms with Gasteiger partial charge in [0.05, 0.1) is 6.61 Å². The summed E-state index contributed by atoms with van der Waals surface area (Å²) >= 11 is 0. The van der Waals surface area contributed by atoms with Crippen molar-refractivity contribution >= 4 is 21.7 Å². The summed E-state index contributed by atoms with van der Waals surface area (Å²) in [5.41, 5.74) is 1.24. The van der Waals surface area contributed by atoms with Gasteiger partial charge in [0.25, 0.3) is 0 Å². The van der Waals surface area contributed by atoms with Crippen molar-refractivity contribution in [3.8, 4) is 5.75 Å². The molecule has 0 aliphatic carbocycles. The maximum Gasteiger partial charge on any atom is 0.336 e. The van der Waals surface area contributed by atoms with Crippen LogP contribution in [0.25, 0.3) is 21.7 Å². The molecule has 0 spiro atoms. The van der Waals surface area contributed by atoms with Crippen LogP contribution in [-0.2, 0) is 0 Å². The van der Waals surface area contributed by atoms with Crippen LogP contribution in [0.1, 0.15) is 25.8 Å². The van der Waals surface area contributed by atoms with Crippen molar-refractivity contribution in [1.82, 2.24) is 4.90 Å². The van der Waals surface area contributed by atoms with Crippen LogP contribution in [0, 0.1) is 6.92 Å². The second-order valence-electron chi connectivity index (χ2n) is 6.30. The highest BCUT2D eigenvalue weighted by Gasteiger charge is 2.08. The second kappa shape index (κ2) is 7.70. The van der Waals surface area contributed by atoms with Gasteiger partial charge in [0.15, 0.2) is 0 Å². The van der Waals surface area contributed by atoms with Gasteiger partial charge in [-0.1, -0.05) is 26.0 Å². The molecule has 25 heavy (non-hydrogen) atoms. The number of rotatable bonds is 7. The molecular formula is C21H25NO3. The predicted octanol–water partition coefficient (Wildman–Crippen LogP) is 4.37. The Hall–Kier alpha value is -2.33. The molecule has 0 saturated carbocycles. The van der Waals surface area contributed by atoms with Crippen LogP contribution in [-0.4, -0.2) is 31.1 Å². The van der Waals surface area contributed by atoms with Crippen molar-refractivity contribution in [3.05, 3.63) is 52.4 Å². The number of aryl methyl sites for hydroxylation is 1. The first kappa shape index (κ1) is 17.5. The van der Waals surface area contributed by atoms with E-state index in [0.717, 1.165) is 53.5 Å². The average molecular weight is 339 g/mol. The zero-order chi connectivity index (χ0) is 17.8. The standard InChI is InChI=1S/C21H25NO3/c1-4-22(5-2)11-6-12-24-17-9-7-16-8-10-19-21(18(16)14-17)15(3)13-20(23)25-19/h7-10,13-14H,4-6,11-12H2,1-3H3. The lowest BCUT2D eigenvalue weighted by Gasteiger charge is -2.17. The normalized spacial score (nSPS) is 11.5. The fourth-order valence-corrected chi connectivity index (χ4v) is 3.27. The van der Waals surface area contributed by atoms with Gasteiger partial charge in [-0.25, -0.2) is 4.79 Å². The number of hydrogen-bond acceptors (Lipinski definition) is 4. The van der Waals surface area contributed by atoms with E-state index in [0.29, 0.717) is 12.2 Å². The molecule has 0 bridgehead atoms. The highest BCUT2D eigenvalue weighted by Crippen LogP contribution is 2.30. The van der Waals surface area contributed by atoms with Gasteiger partial charge < -0.3 is 14.1 Å². The molecule has 132 valence electrons. The molecule has 4 nitrogen and oxygen atoms in total. The third-order valence-electron chi connectivity index (χ3n) is 4.68. The van der Waals surface area contributed by atoms with Crippen LogP contribution < -0.4 is 10.4 Å². The first-order valence-electron chi connectivity index (χ1n) is 8.94. The fraction of sp³-hybridized carbons (Fsp3) is 0.381. The van der Waals surface area contributed by atoms with E-state index >= 15 is 0 Å². The van der Waals surface area contributed by atoms with Gasteiger partial charge in [-0.15, -0.1) is 0 Å². The Morgan fingerprint density at radius 2 is 1.84 bits per heavy atom. The number of ether oxygens (including phenoxy) is 1. The Morgan fingerprint density at radius 3 is 2.60 bits per heavy atom. The van der Waals surface area contributed by atoms with Crippen molar-refractivity contribution in [1.29, 1.82) is 0 Å². The minimum atomic E-state index is -0.312. The molecule has 4 heteroatoms. The van der Waals surface area contributed by atoms with Gasteiger partial charge in [0.1, 0.15) is 11.3 Å². The minimum Gasteiger partial charge on any atom is -0.494 e. The molecule has 3 aromatic rings. The molecule has 0 radical (unpaired) electrons. The molecule has 0 N–H and O–H groups in total. The zero-order valence-electron chi connectivity index (χ0n) is 15.2. The lowest BCUT2D eigenvalue weighted by molar-refractivity contribution is 0.249. The molecule has 0 atom stereocenters. The Bertz CT molecular complexity index is 925. The molecule has 0 amide bonds. The summed E-state index contributed by atoms with van der Waals surface area (Å²) in [5.74, 6) is 0.852. The van der Waals surface area contributed by atoms with E-state index in [9.17, 15) is 4.79 Å². The third-order valence-corrected chi connectivity index (χ3v) is 4.68. The Morgan fingerprint density at radius 1 is 1.08 bits per heavy atom. The summed E-state index contributed by atoms with van der Waals surface area (Å²) in [6.07, 6.45) is 1.00. The summed E-state index contributed by atoms with van der Waals surface area (Å²) in [6.45, 7) is 10.2. The number of benzene rings is 2. The van der Waals surface area contributed by atoms with E-state index in [-0.39, 0.29) is 5.63 Å². The maximum absolute atomic E-state index is 11.6. The molecular weight excluding hydrogens is 314 g/mol. The molecule has 0 unspecified atom stereocenters. The van der Waals surface area contributed by atoms with Crippen LogP contribution in [0.3, 0.4) is 0 Å².